The number of anilines is 1. The number of alkyl halides is 3. The zero-order valence-electron chi connectivity index (χ0n) is 14.5. The molecule has 1 amide bonds. The molecular weight excluding hydrogens is 439 g/mol. The van der Waals surface area contributed by atoms with Crippen LogP contribution in [0.4, 0.5) is 18.9 Å². The minimum absolute atomic E-state index is 0.0512. The predicted molar refractivity (Wildman–Crippen MR) is 106 cm³/mol. The highest BCUT2D eigenvalue weighted by Crippen LogP contribution is 2.37. The molecule has 11 heteroatoms. The number of hydrogen-bond donors (Lipinski definition) is 1. The number of unbranched alkanes of at least 4 members (excludes halogenated alkanes) is 1. The van der Waals surface area contributed by atoms with E-state index in [-0.39, 0.29) is 10.7 Å². The Morgan fingerprint density at radius 1 is 1.33 bits per heavy atom. The molecule has 1 heterocycles. The molecule has 2 aromatic rings. The third kappa shape index (κ3) is 6.85. The molecule has 0 spiro atoms. The van der Waals surface area contributed by atoms with Gasteiger partial charge in [-0.25, -0.2) is 0 Å². The average molecular weight is 456 g/mol. The van der Waals surface area contributed by atoms with Gasteiger partial charge in [-0.3, -0.25) is 4.79 Å². The number of amides is 1. The van der Waals surface area contributed by atoms with Gasteiger partial charge < -0.3 is 5.32 Å². The summed E-state index contributed by atoms with van der Waals surface area (Å²) in [5, 5.41) is 9.72. The molecule has 0 radical (unpaired) electrons. The Morgan fingerprint density at radius 2 is 2.04 bits per heavy atom. The van der Waals surface area contributed by atoms with Gasteiger partial charge in [-0.1, -0.05) is 59.8 Å². The zero-order chi connectivity index (χ0) is 20.0. The monoisotopic (exact) mass is 455 g/mol. The fourth-order valence-electron chi connectivity index (χ4n) is 1.91. The van der Waals surface area contributed by atoms with Gasteiger partial charge in [0.05, 0.1) is 16.5 Å². The second-order valence-corrected chi connectivity index (χ2v) is 9.82. The number of aromatic nitrogens is 2. The molecule has 0 aliphatic heterocycles. The number of nitrogens with one attached hydrogen (secondary N) is 1. The van der Waals surface area contributed by atoms with E-state index >= 15 is 0 Å². The Kier molecular flexibility index (Phi) is 8.26. The van der Waals surface area contributed by atoms with Crippen molar-refractivity contribution in [1.82, 2.24) is 10.2 Å². The molecule has 1 aromatic heterocycles. The van der Waals surface area contributed by atoms with Crippen molar-refractivity contribution in [3.63, 3.8) is 0 Å². The molecule has 1 N–H and O–H groups in total. The van der Waals surface area contributed by atoms with Gasteiger partial charge in [0.25, 0.3) is 0 Å². The van der Waals surface area contributed by atoms with E-state index in [9.17, 15) is 18.0 Å². The van der Waals surface area contributed by atoms with Crippen molar-refractivity contribution in [3.8, 4) is 0 Å². The lowest BCUT2D eigenvalue weighted by atomic mass is 10.1. The smallest absolute Gasteiger partial charge is 0.325 e. The standard InChI is InChI=1S/C16H17ClF3N3OS3/c1-3-4-7-25-14-22-23-15(27-14)26-9(2)13(24)21-12-6-5-10(17)8-11(12)16(18,19)20/h5-6,8-9H,3-4,7H2,1-2H3,(H,21,24). The first kappa shape index (κ1) is 22.3. The Labute approximate surface area is 172 Å². The summed E-state index contributed by atoms with van der Waals surface area (Å²) in [5.74, 6) is 0.394. The van der Waals surface area contributed by atoms with Crippen LogP contribution in [0.1, 0.15) is 32.3 Å². The predicted octanol–water partition coefficient (Wildman–Crippen LogP) is 6.22. The second kappa shape index (κ2) is 9.99. The Hall–Kier alpha value is -0.970. The Bertz CT molecular complexity index is 786. The van der Waals surface area contributed by atoms with Crippen molar-refractivity contribution in [3.05, 3.63) is 28.8 Å². The first-order valence-corrected chi connectivity index (χ1v) is 11.1. The molecule has 148 valence electrons. The second-order valence-electron chi connectivity index (χ2n) is 5.47. The Balaban J connectivity index is 2.00. The SMILES string of the molecule is CCCCSc1nnc(SC(C)C(=O)Nc2ccc(Cl)cc2C(F)(F)F)s1. The van der Waals surface area contributed by atoms with E-state index in [0.29, 0.717) is 4.34 Å². The normalized spacial score (nSPS) is 12.8. The van der Waals surface area contributed by atoms with E-state index in [0.717, 1.165) is 46.8 Å². The minimum atomic E-state index is -4.62. The van der Waals surface area contributed by atoms with Crippen LogP contribution < -0.4 is 5.32 Å². The minimum Gasteiger partial charge on any atom is -0.325 e. The van der Waals surface area contributed by atoms with Crippen LogP contribution in [0.25, 0.3) is 0 Å². The molecule has 1 atom stereocenters. The van der Waals surface area contributed by atoms with E-state index in [1.54, 1.807) is 18.7 Å². The van der Waals surface area contributed by atoms with E-state index in [2.05, 4.69) is 22.4 Å². The largest absolute Gasteiger partial charge is 0.418 e. The molecule has 0 saturated heterocycles. The van der Waals surface area contributed by atoms with Crippen LogP contribution in [-0.4, -0.2) is 27.1 Å². The first-order valence-electron chi connectivity index (χ1n) is 8.01. The third-order valence-corrected chi connectivity index (χ3v) is 6.87. The van der Waals surface area contributed by atoms with Crippen molar-refractivity contribution < 1.29 is 18.0 Å². The van der Waals surface area contributed by atoms with Crippen LogP contribution in [0, 0.1) is 0 Å². The summed E-state index contributed by atoms with van der Waals surface area (Å²) >= 11 is 9.78. The van der Waals surface area contributed by atoms with Crippen molar-refractivity contribution >= 4 is 58.1 Å². The highest BCUT2D eigenvalue weighted by molar-refractivity contribution is 8.03. The van der Waals surface area contributed by atoms with Crippen molar-refractivity contribution in [2.24, 2.45) is 0 Å². The molecule has 0 fully saturated rings. The van der Waals surface area contributed by atoms with Crippen molar-refractivity contribution in [2.45, 2.75) is 46.8 Å². The van der Waals surface area contributed by atoms with Crippen LogP contribution in [0.5, 0.6) is 0 Å². The summed E-state index contributed by atoms with van der Waals surface area (Å²) in [5.41, 5.74) is -1.30. The summed E-state index contributed by atoms with van der Waals surface area (Å²) in [6.07, 6.45) is -2.45. The molecule has 0 aliphatic rings. The number of carbonyl (C=O) groups excluding carboxylic acids is 1. The van der Waals surface area contributed by atoms with Crippen LogP contribution in [0.2, 0.25) is 5.02 Å². The lowest BCUT2D eigenvalue weighted by molar-refractivity contribution is -0.137. The molecule has 2 rings (SSSR count). The molecule has 0 bridgehead atoms. The number of halogens is 4. The molecule has 1 unspecified atom stereocenters. The van der Waals surface area contributed by atoms with Gasteiger partial charge in [-0.15, -0.1) is 10.2 Å². The highest BCUT2D eigenvalue weighted by atomic mass is 35.5. The van der Waals surface area contributed by atoms with Gasteiger partial charge in [-0.05, 0) is 31.5 Å². The maximum absolute atomic E-state index is 13.1. The fraction of sp³-hybridized carbons (Fsp3) is 0.438. The summed E-state index contributed by atoms with van der Waals surface area (Å²) in [4.78, 5) is 12.3. The van der Waals surface area contributed by atoms with E-state index in [1.807, 2.05) is 0 Å². The number of rotatable bonds is 8. The average Bonchev–Trinajstić information content (AvgIpc) is 3.03. The lowest BCUT2D eigenvalue weighted by Gasteiger charge is -2.16. The highest BCUT2D eigenvalue weighted by Gasteiger charge is 2.34. The van der Waals surface area contributed by atoms with E-state index in [4.69, 9.17) is 11.6 Å². The quantitative estimate of drug-likeness (QED) is 0.378. The number of hydrogen-bond acceptors (Lipinski definition) is 6. The van der Waals surface area contributed by atoms with Gasteiger partial charge in [0.1, 0.15) is 0 Å². The number of benzene rings is 1. The zero-order valence-corrected chi connectivity index (χ0v) is 17.7. The first-order chi connectivity index (χ1) is 12.7. The molecule has 1 aromatic carbocycles. The number of nitrogens with zero attached hydrogens (tertiary/aromatic N) is 2. The van der Waals surface area contributed by atoms with Gasteiger partial charge in [0, 0.05) is 10.8 Å². The maximum atomic E-state index is 13.1. The molecule has 4 nitrogen and oxygen atoms in total. The summed E-state index contributed by atoms with van der Waals surface area (Å²) in [6, 6.07) is 3.24. The van der Waals surface area contributed by atoms with E-state index < -0.39 is 22.9 Å². The molecule has 27 heavy (non-hydrogen) atoms. The molecule has 0 saturated carbocycles. The van der Waals surface area contributed by atoms with Crippen molar-refractivity contribution in [2.75, 3.05) is 11.1 Å². The van der Waals surface area contributed by atoms with Crippen LogP contribution in [-0.2, 0) is 11.0 Å². The summed E-state index contributed by atoms with van der Waals surface area (Å²) in [7, 11) is 0. The Morgan fingerprint density at radius 3 is 2.70 bits per heavy atom. The molecular formula is C16H17ClF3N3OS3. The summed E-state index contributed by atoms with van der Waals surface area (Å²) in [6.45, 7) is 3.71. The van der Waals surface area contributed by atoms with Crippen molar-refractivity contribution in [1.29, 1.82) is 0 Å². The summed E-state index contributed by atoms with van der Waals surface area (Å²) < 4.78 is 40.8. The fourth-order valence-corrected chi connectivity index (χ4v) is 5.40. The number of carbonyl (C=O) groups is 1. The number of thioether (sulfide) groups is 2. The van der Waals surface area contributed by atoms with Gasteiger partial charge in [0.2, 0.25) is 5.91 Å². The topological polar surface area (TPSA) is 54.9 Å². The maximum Gasteiger partial charge on any atom is 0.418 e. The van der Waals surface area contributed by atoms with Crippen LogP contribution in [0.3, 0.4) is 0 Å². The lowest BCUT2D eigenvalue weighted by Crippen LogP contribution is -2.24. The molecule has 0 aliphatic carbocycles. The van der Waals surface area contributed by atoms with E-state index in [1.165, 1.54) is 17.4 Å². The van der Waals surface area contributed by atoms with Crippen LogP contribution >= 0.6 is 46.5 Å². The van der Waals surface area contributed by atoms with Gasteiger partial charge >= 0.3 is 6.18 Å². The third-order valence-electron chi connectivity index (χ3n) is 3.30. The van der Waals surface area contributed by atoms with Gasteiger partial charge in [-0.2, -0.15) is 13.2 Å². The van der Waals surface area contributed by atoms with Crippen LogP contribution in [0.15, 0.2) is 26.9 Å². The van der Waals surface area contributed by atoms with Gasteiger partial charge in [0.15, 0.2) is 8.68 Å².